The molecule has 9 heteroatoms. The van der Waals surface area contributed by atoms with Crippen LogP contribution in [0.4, 0.5) is 11.4 Å². The van der Waals surface area contributed by atoms with Crippen molar-refractivity contribution in [2.75, 3.05) is 41.1 Å². The van der Waals surface area contributed by atoms with E-state index in [9.17, 15) is 8.42 Å². The Morgan fingerprint density at radius 2 is 1.69 bits per heavy atom. The molecule has 0 radical (unpaired) electrons. The first kappa shape index (κ1) is 24.1. The van der Waals surface area contributed by atoms with E-state index in [1.54, 1.807) is 11.2 Å². The number of anilines is 2. The van der Waals surface area contributed by atoms with Gasteiger partial charge in [0.05, 0.1) is 23.3 Å². The lowest BCUT2D eigenvalue weighted by atomic mass is 9.98. The lowest BCUT2D eigenvalue weighted by Gasteiger charge is -2.37. The van der Waals surface area contributed by atoms with E-state index in [2.05, 4.69) is 15.9 Å². The maximum atomic E-state index is 13.3. The Labute approximate surface area is 212 Å². The number of nitrogens with two attached hydrogens (primary N) is 1. The molecule has 1 fully saturated rings. The van der Waals surface area contributed by atoms with Gasteiger partial charge in [0.25, 0.3) is 0 Å². The smallest absolute Gasteiger partial charge is 0.235 e. The van der Waals surface area contributed by atoms with Crippen molar-refractivity contribution in [1.82, 2.24) is 4.90 Å². The summed E-state index contributed by atoms with van der Waals surface area (Å²) in [7, 11) is -3.50. The largest absolute Gasteiger partial charge is 0.384 e. The van der Waals surface area contributed by atoms with Crippen molar-refractivity contribution in [3.05, 3.63) is 71.3 Å². The maximum Gasteiger partial charge on any atom is 0.235 e. The second-order valence-corrected chi connectivity index (χ2v) is 11.7. The van der Waals surface area contributed by atoms with Crippen molar-refractivity contribution < 1.29 is 8.42 Å². The predicted octanol–water partition coefficient (Wildman–Crippen LogP) is 3.70. The minimum atomic E-state index is -3.50. The van der Waals surface area contributed by atoms with Gasteiger partial charge in [-0.1, -0.05) is 24.3 Å². The standard InChI is InChI=1S/C27H32N6O2S/c1-3-36(34,35)33-25-9-8-24(32-12-10-31(11-13-32)18(2)28)16-23(25)17-26(33)20-6-4-19-5-7-21(27(29)30)15-22(19)14-20/h4-9,14-16,26,28H,3,10-13,17H2,1-2H3,(H3,29,30). The summed E-state index contributed by atoms with van der Waals surface area (Å²) >= 11 is 0. The van der Waals surface area contributed by atoms with Gasteiger partial charge >= 0.3 is 0 Å². The summed E-state index contributed by atoms with van der Waals surface area (Å²) in [6.45, 7) is 6.79. The molecule has 4 N–H and O–H groups in total. The van der Waals surface area contributed by atoms with E-state index >= 15 is 0 Å². The third-order valence-electron chi connectivity index (χ3n) is 7.34. The highest BCUT2D eigenvalue weighted by atomic mass is 32.2. The fourth-order valence-corrected chi connectivity index (χ4v) is 6.62. The van der Waals surface area contributed by atoms with Crippen molar-refractivity contribution in [1.29, 1.82) is 10.8 Å². The van der Waals surface area contributed by atoms with Crippen molar-refractivity contribution in [2.45, 2.75) is 26.3 Å². The normalized spacial score (nSPS) is 17.9. The predicted molar refractivity (Wildman–Crippen MR) is 147 cm³/mol. The van der Waals surface area contributed by atoms with Gasteiger partial charge < -0.3 is 15.5 Å². The zero-order valence-corrected chi connectivity index (χ0v) is 21.5. The van der Waals surface area contributed by atoms with Crippen molar-refractivity contribution in [3.8, 4) is 0 Å². The highest BCUT2D eigenvalue weighted by Gasteiger charge is 2.38. The molecular formula is C27H32N6O2S. The molecule has 0 amide bonds. The third-order valence-corrected chi connectivity index (χ3v) is 9.12. The summed E-state index contributed by atoms with van der Waals surface area (Å²) in [5.41, 5.74) is 10.1. The zero-order valence-electron chi connectivity index (χ0n) is 20.7. The number of nitrogens with one attached hydrogen (secondary N) is 2. The Kier molecular flexibility index (Phi) is 6.12. The number of fused-ring (bicyclic) bond motifs is 2. The van der Waals surface area contributed by atoms with Crippen LogP contribution in [0, 0.1) is 10.8 Å². The van der Waals surface area contributed by atoms with Gasteiger partial charge in [-0.25, -0.2) is 8.42 Å². The molecule has 2 aliphatic rings. The Morgan fingerprint density at radius 3 is 2.36 bits per heavy atom. The highest BCUT2D eigenvalue weighted by molar-refractivity contribution is 7.92. The summed E-state index contributed by atoms with van der Waals surface area (Å²) in [6.07, 6.45) is 0.597. The van der Waals surface area contributed by atoms with Crippen LogP contribution in [0.5, 0.6) is 0 Å². The molecule has 1 atom stereocenters. The van der Waals surface area contributed by atoms with E-state index in [1.165, 1.54) is 0 Å². The number of nitrogens with zero attached hydrogens (tertiary/aromatic N) is 3. The molecule has 0 bridgehead atoms. The minimum absolute atomic E-state index is 0.00917. The number of benzene rings is 3. The van der Waals surface area contributed by atoms with E-state index in [-0.39, 0.29) is 17.6 Å². The molecule has 3 aromatic carbocycles. The molecule has 36 heavy (non-hydrogen) atoms. The van der Waals surface area contributed by atoms with E-state index < -0.39 is 10.0 Å². The molecule has 8 nitrogen and oxygen atoms in total. The second-order valence-electron chi connectivity index (χ2n) is 9.52. The Hall–Kier alpha value is -3.59. The SMILES string of the molecule is CCS(=O)(=O)N1c2ccc(N3CCN(C(C)=N)CC3)cc2CC1c1ccc2ccc(C(=N)N)cc2c1. The number of piperazine rings is 1. The van der Waals surface area contributed by atoms with Gasteiger partial charge in [0, 0.05) is 43.9 Å². The quantitative estimate of drug-likeness (QED) is 0.362. The van der Waals surface area contributed by atoms with Gasteiger partial charge in [0.1, 0.15) is 5.84 Å². The van der Waals surface area contributed by atoms with Crippen molar-refractivity contribution in [2.24, 2.45) is 5.73 Å². The lowest BCUT2D eigenvalue weighted by molar-refractivity contribution is 0.382. The van der Waals surface area contributed by atoms with Crippen LogP contribution in [-0.2, 0) is 16.4 Å². The summed E-state index contributed by atoms with van der Waals surface area (Å²) in [5, 5.41) is 17.6. The third kappa shape index (κ3) is 4.28. The minimum Gasteiger partial charge on any atom is -0.384 e. The van der Waals surface area contributed by atoms with E-state index in [4.69, 9.17) is 16.6 Å². The van der Waals surface area contributed by atoms with Gasteiger partial charge in [-0.05, 0) is 66.1 Å². The molecule has 0 saturated carbocycles. The second kappa shape index (κ2) is 9.13. The molecule has 2 heterocycles. The Morgan fingerprint density at radius 1 is 0.972 bits per heavy atom. The fraction of sp³-hybridized carbons (Fsp3) is 0.333. The lowest BCUT2D eigenvalue weighted by Crippen LogP contribution is -2.47. The van der Waals surface area contributed by atoms with Crippen LogP contribution < -0.4 is 14.9 Å². The molecule has 3 aromatic rings. The summed E-state index contributed by atoms with van der Waals surface area (Å²) < 4.78 is 28.2. The van der Waals surface area contributed by atoms with Gasteiger partial charge in [-0.3, -0.25) is 15.1 Å². The van der Waals surface area contributed by atoms with Gasteiger partial charge in [-0.2, -0.15) is 0 Å². The first-order valence-electron chi connectivity index (χ1n) is 12.3. The van der Waals surface area contributed by atoms with Gasteiger partial charge in [0.2, 0.25) is 10.0 Å². The Bertz CT molecular complexity index is 1460. The number of sulfonamides is 1. The summed E-state index contributed by atoms with van der Waals surface area (Å²) in [4.78, 5) is 4.39. The van der Waals surface area contributed by atoms with E-state index in [1.807, 2.05) is 55.5 Å². The van der Waals surface area contributed by atoms with Gasteiger partial charge in [0.15, 0.2) is 0 Å². The number of hydrogen-bond donors (Lipinski definition) is 3. The number of nitrogen functional groups attached to an aromatic ring is 1. The molecule has 188 valence electrons. The molecular weight excluding hydrogens is 472 g/mol. The van der Waals surface area contributed by atoms with Crippen LogP contribution in [0.25, 0.3) is 10.8 Å². The van der Waals surface area contributed by atoms with Crippen molar-refractivity contribution >= 4 is 43.8 Å². The van der Waals surface area contributed by atoms with Crippen LogP contribution in [0.1, 0.15) is 36.6 Å². The van der Waals surface area contributed by atoms with Gasteiger partial charge in [-0.15, -0.1) is 0 Å². The summed E-state index contributed by atoms with van der Waals surface area (Å²) in [5.74, 6) is 0.630. The first-order valence-corrected chi connectivity index (χ1v) is 13.9. The van der Waals surface area contributed by atoms with Crippen LogP contribution in [0.2, 0.25) is 0 Å². The van der Waals surface area contributed by atoms with E-state index in [0.717, 1.165) is 59.5 Å². The zero-order chi connectivity index (χ0) is 25.6. The van der Waals surface area contributed by atoms with Crippen LogP contribution in [0.15, 0.2) is 54.6 Å². The number of amidine groups is 2. The Balaban J connectivity index is 1.51. The molecule has 2 aliphatic heterocycles. The molecule has 0 spiro atoms. The molecule has 0 aliphatic carbocycles. The molecule has 0 aromatic heterocycles. The van der Waals surface area contributed by atoms with E-state index in [0.29, 0.717) is 17.8 Å². The highest BCUT2D eigenvalue weighted by Crippen LogP contribution is 2.44. The maximum absolute atomic E-state index is 13.3. The van der Waals surface area contributed by atoms with Crippen molar-refractivity contribution in [3.63, 3.8) is 0 Å². The fourth-order valence-electron chi connectivity index (χ4n) is 5.28. The van der Waals surface area contributed by atoms with Crippen LogP contribution in [0.3, 0.4) is 0 Å². The summed E-state index contributed by atoms with van der Waals surface area (Å²) in [6, 6.07) is 17.5. The monoisotopic (exact) mass is 504 g/mol. The number of rotatable bonds is 5. The first-order chi connectivity index (χ1) is 17.2. The topological polar surface area (TPSA) is 118 Å². The molecule has 1 unspecified atom stereocenters. The number of hydrogen-bond acceptors (Lipinski definition) is 5. The average Bonchev–Trinajstić information content (AvgIpc) is 3.27. The van der Waals surface area contributed by atoms with Crippen LogP contribution >= 0.6 is 0 Å². The van der Waals surface area contributed by atoms with Crippen LogP contribution in [-0.4, -0.2) is 56.9 Å². The molecule has 5 rings (SSSR count). The average molecular weight is 505 g/mol. The molecule has 1 saturated heterocycles.